The molecule has 216 valence electrons. The second-order valence-corrected chi connectivity index (χ2v) is 12.2. The van der Waals surface area contributed by atoms with Crippen LogP contribution in [0.3, 0.4) is 0 Å². The molecule has 7 rings (SSSR count). The number of benzene rings is 3. The van der Waals surface area contributed by atoms with Crippen LogP contribution in [0, 0.1) is 0 Å². The van der Waals surface area contributed by atoms with Crippen LogP contribution in [0.4, 0.5) is 11.6 Å². The maximum atomic E-state index is 13.2. The summed E-state index contributed by atoms with van der Waals surface area (Å²) < 4.78 is 19.8. The van der Waals surface area contributed by atoms with Crippen LogP contribution in [0.25, 0.3) is 42.3 Å². The second kappa shape index (κ2) is 11.1. The van der Waals surface area contributed by atoms with Crippen molar-refractivity contribution >= 4 is 60.0 Å². The number of thiophene rings is 1. The van der Waals surface area contributed by atoms with Gasteiger partial charge in [-0.05, 0) is 38.1 Å². The summed E-state index contributed by atoms with van der Waals surface area (Å²) in [5, 5.41) is 5.86. The lowest BCUT2D eigenvalue weighted by Gasteiger charge is -2.38. The Kier molecular flexibility index (Phi) is 7.19. The molecule has 2 fully saturated rings. The molecule has 0 bridgehead atoms. The molecular formula is C33H33N3O5S. The lowest BCUT2D eigenvalue weighted by Crippen LogP contribution is -2.52. The first-order valence-corrected chi connectivity index (χ1v) is 15.3. The fraction of sp³-hybridized carbons (Fsp3) is 0.333. The van der Waals surface area contributed by atoms with E-state index >= 15 is 0 Å². The van der Waals surface area contributed by atoms with E-state index in [0.29, 0.717) is 62.9 Å². The average molecular weight is 584 g/mol. The van der Waals surface area contributed by atoms with Crippen LogP contribution in [0.5, 0.6) is 0 Å². The fourth-order valence-corrected chi connectivity index (χ4v) is 7.33. The molecule has 42 heavy (non-hydrogen) atoms. The first-order chi connectivity index (χ1) is 20.5. The summed E-state index contributed by atoms with van der Waals surface area (Å²) in [5.74, 6) is 0.546. The maximum absolute atomic E-state index is 13.2. The van der Waals surface area contributed by atoms with Gasteiger partial charge in [0.1, 0.15) is 5.58 Å². The average Bonchev–Trinajstić information content (AvgIpc) is 3.37. The number of anilines is 2. The first kappa shape index (κ1) is 27.1. The number of amides is 1. The number of para-hydroxylation sites is 1. The SMILES string of the molecule is C[C@@H]1COC[C@H](C)N1CC(=O)Nc1ccc2sc3c(-c4cccc5c(=O)cc(N6CCOCC6)oc45)cccc3c2c1. The minimum absolute atomic E-state index is 0.0305. The third-order valence-corrected chi connectivity index (χ3v) is 9.53. The summed E-state index contributed by atoms with van der Waals surface area (Å²) in [7, 11) is 0. The highest BCUT2D eigenvalue weighted by molar-refractivity contribution is 7.26. The van der Waals surface area contributed by atoms with E-state index in [1.54, 1.807) is 17.4 Å². The van der Waals surface area contributed by atoms with Gasteiger partial charge in [0.05, 0.1) is 38.4 Å². The Morgan fingerprint density at radius 1 is 0.905 bits per heavy atom. The van der Waals surface area contributed by atoms with Crippen molar-refractivity contribution in [2.45, 2.75) is 25.9 Å². The van der Waals surface area contributed by atoms with Gasteiger partial charge in [0, 0.05) is 68.2 Å². The molecule has 1 N–H and O–H groups in total. The second-order valence-electron chi connectivity index (χ2n) is 11.2. The molecule has 0 saturated carbocycles. The molecule has 8 nitrogen and oxygen atoms in total. The van der Waals surface area contributed by atoms with Gasteiger partial charge in [-0.25, -0.2) is 0 Å². The fourth-order valence-electron chi connectivity index (χ4n) is 6.12. The number of nitrogens with one attached hydrogen (secondary N) is 1. The molecular weight excluding hydrogens is 550 g/mol. The van der Waals surface area contributed by atoms with E-state index in [9.17, 15) is 9.59 Å². The Labute approximate surface area is 247 Å². The van der Waals surface area contributed by atoms with Crippen LogP contribution in [0.1, 0.15) is 13.8 Å². The number of carbonyl (C=O) groups excluding carboxylic acids is 1. The molecule has 2 aromatic heterocycles. The highest BCUT2D eigenvalue weighted by atomic mass is 32.1. The molecule has 2 aliphatic heterocycles. The summed E-state index contributed by atoms with van der Waals surface area (Å²) in [5.41, 5.74) is 3.22. The number of carbonyl (C=O) groups is 1. The number of hydrogen-bond donors (Lipinski definition) is 1. The van der Waals surface area contributed by atoms with E-state index in [1.165, 1.54) is 0 Å². The van der Waals surface area contributed by atoms with Gasteiger partial charge < -0.3 is 24.1 Å². The van der Waals surface area contributed by atoms with Crippen molar-refractivity contribution in [3.8, 4) is 11.1 Å². The smallest absolute Gasteiger partial charge is 0.238 e. The van der Waals surface area contributed by atoms with Gasteiger partial charge in [-0.1, -0.05) is 30.3 Å². The zero-order chi connectivity index (χ0) is 28.8. The molecule has 0 radical (unpaired) electrons. The molecule has 9 heteroatoms. The summed E-state index contributed by atoms with van der Waals surface area (Å²) in [4.78, 5) is 30.4. The standard InChI is InChI=1S/C33H33N3O5S/c1-20-18-40-19-21(2)36(20)17-30(38)34-22-9-10-29-27(15-22)25-7-4-6-24(33(25)42-29)23-5-3-8-26-28(37)16-31(41-32(23)26)35-11-13-39-14-12-35/h3-10,15-16,20-21H,11-14,17-19H2,1-2H3,(H,34,38)/t20-,21+. The van der Waals surface area contributed by atoms with Crippen LogP contribution in [0.15, 0.2) is 69.9 Å². The Bertz CT molecular complexity index is 1850. The lowest BCUT2D eigenvalue weighted by molar-refractivity contribution is -0.121. The van der Waals surface area contributed by atoms with E-state index in [1.807, 2.05) is 30.3 Å². The van der Waals surface area contributed by atoms with E-state index in [0.717, 1.165) is 37.0 Å². The van der Waals surface area contributed by atoms with Gasteiger partial charge in [0.25, 0.3) is 0 Å². The molecule has 2 saturated heterocycles. The van der Waals surface area contributed by atoms with Gasteiger partial charge in [-0.3, -0.25) is 14.5 Å². The number of rotatable bonds is 5. The maximum Gasteiger partial charge on any atom is 0.238 e. The monoisotopic (exact) mass is 583 g/mol. The molecule has 2 aliphatic rings. The Morgan fingerprint density at radius 2 is 1.64 bits per heavy atom. The lowest BCUT2D eigenvalue weighted by atomic mass is 10.0. The zero-order valence-corrected chi connectivity index (χ0v) is 24.5. The highest BCUT2D eigenvalue weighted by Crippen LogP contribution is 2.42. The molecule has 4 heterocycles. The van der Waals surface area contributed by atoms with Gasteiger partial charge in [-0.2, -0.15) is 0 Å². The highest BCUT2D eigenvalue weighted by Gasteiger charge is 2.27. The van der Waals surface area contributed by atoms with Crippen molar-refractivity contribution < 1.29 is 18.7 Å². The molecule has 5 aromatic rings. The molecule has 0 unspecified atom stereocenters. The van der Waals surface area contributed by atoms with Crippen LogP contribution in [-0.2, 0) is 14.3 Å². The van der Waals surface area contributed by atoms with Crippen molar-refractivity contribution in [3.63, 3.8) is 0 Å². The number of ether oxygens (including phenoxy) is 2. The molecule has 3 aromatic carbocycles. The van der Waals surface area contributed by atoms with Crippen molar-refractivity contribution in [3.05, 3.63) is 70.9 Å². The number of hydrogen-bond acceptors (Lipinski definition) is 8. The normalized spacial score (nSPS) is 20.0. The minimum atomic E-state index is -0.0515. The van der Waals surface area contributed by atoms with E-state index in [-0.39, 0.29) is 23.4 Å². The molecule has 0 aliphatic carbocycles. The molecule has 1 amide bonds. The third-order valence-electron chi connectivity index (χ3n) is 8.31. The van der Waals surface area contributed by atoms with Gasteiger partial charge in [0.2, 0.25) is 5.91 Å². The van der Waals surface area contributed by atoms with E-state index in [2.05, 4.69) is 53.2 Å². The predicted molar refractivity (Wildman–Crippen MR) is 169 cm³/mol. The Balaban J connectivity index is 1.25. The van der Waals surface area contributed by atoms with Gasteiger partial charge in [0.15, 0.2) is 11.3 Å². The van der Waals surface area contributed by atoms with Crippen molar-refractivity contribution in [2.75, 3.05) is 56.3 Å². The van der Waals surface area contributed by atoms with E-state index in [4.69, 9.17) is 13.9 Å². The van der Waals surface area contributed by atoms with Crippen LogP contribution in [-0.4, -0.2) is 69.0 Å². The number of nitrogens with zero attached hydrogens (tertiary/aromatic N) is 2. The van der Waals surface area contributed by atoms with Crippen LogP contribution >= 0.6 is 11.3 Å². The number of fused-ring (bicyclic) bond motifs is 4. The predicted octanol–water partition coefficient (Wildman–Crippen LogP) is 5.71. The van der Waals surface area contributed by atoms with Crippen molar-refractivity contribution in [1.82, 2.24) is 4.90 Å². The molecule has 2 atom stereocenters. The Morgan fingerprint density at radius 3 is 2.43 bits per heavy atom. The topological polar surface area (TPSA) is 84.2 Å². The van der Waals surface area contributed by atoms with Crippen molar-refractivity contribution in [1.29, 1.82) is 0 Å². The minimum Gasteiger partial charge on any atom is -0.440 e. The largest absolute Gasteiger partial charge is 0.440 e. The summed E-state index contributed by atoms with van der Waals surface area (Å²) in [6.07, 6.45) is 0. The van der Waals surface area contributed by atoms with Crippen molar-refractivity contribution in [2.24, 2.45) is 0 Å². The van der Waals surface area contributed by atoms with Gasteiger partial charge in [-0.15, -0.1) is 11.3 Å². The summed E-state index contributed by atoms with van der Waals surface area (Å²) >= 11 is 1.70. The van der Waals surface area contributed by atoms with Gasteiger partial charge >= 0.3 is 0 Å². The quantitative estimate of drug-likeness (QED) is 0.284. The Hall–Kier alpha value is -3.76. The first-order valence-electron chi connectivity index (χ1n) is 14.4. The van der Waals surface area contributed by atoms with E-state index < -0.39 is 0 Å². The number of morpholine rings is 2. The van der Waals surface area contributed by atoms with Crippen LogP contribution < -0.4 is 15.6 Å². The summed E-state index contributed by atoms with van der Waals surface area (Å²) in [6, 6.07) is 20.1. The third kappa shape index (κ3) is 4.96. The zero-order valence-electron chi connectivity index (χ0n) is 23.7. The summed E-state index contributed by atoms with van der Waals surface area (Å²) in [6.45, 7) is 8.39. The van der Waals surface area contributed by atoms with Crippen LogP contribution in [0.2, 0.25) is 0 Å². The molecule has 0 spiro atoms.